The van der Waals surface area contributed by atoms with Gasteiger partial charge in [-0.3, -0.25) is 0 Å². The molecule has 1 aliphatic rings. The van der Waals surface area contributed by atoms with Gasteiger partial charge in [0.15, 0.2) is 0 Å². The Kier molecular flexibility index (Phi) is 4.97. The first-order valence-electron chi connectivity index (χ1n) is 6.44. The maximum Gasteiger partial charge on any atom is 0.241 e. The molecule has 0 aromatic carbocycles. The molecule has 2 N–H and O–H groups in total. The van der Waals surface area contributed by atoms with E-state index in [1.165, 1.54) is 11.3 Å². The van der Waals surface area contributed by atoms with Crippen LogP contribution in [0.4, 0.5) is 0 Å². The normalized spacial score (nSPS) is 18.8. The maximum atomic E-state index is 12.3. The van der Waals surface area contributed by atoms with Gasteiger partial charge in [0.2, 0.25) is 10.0 Å². The van der Waals surface area contributed by atoms with Crippen molar-refractivity contribution in [3.05, 3.63) is 16.3 Å². The first kappa shape index (κ1) is 14.9. The molecule has 7 heteroatoms. The molecule has 2 rings (SSSR count). The van der Waals surface area contributed by atoms with Crippen LogP contribution in [0.1, 0.15) is 17.7 Å². The fraction of sp³-hybridized carbons (Fsp3) is 0.667. The van der Waals surface area contributed by atoms with Crippen LogP contribution in [0, 0.1) is 0 Å². The zero-order valence-electron chi connectivity index (χ0n) is 11.3. The number of rotatable bonds is 5. The van der Waals surface area contributed by atoms with Crippen molar-refractivity contribution in [1.82, 2.24) is 14.9 Å². The van der Waals surface area contributed by atoms with Crippen molar-refractivity contribution in [2.24, 2.45) is 0 Å². The van der Waals surface area contributed by atoms with Gasteiger partial charge >= 0.3 is 0 Å². The first-order valence-corrected chi connectivity index (χ1v) is 8.80. The van der Waals surface area contributed by atoms with Crippen LogP contribution in [0.15, 0.2) is 16.3 Å². The molecule has 0 spiro atoms. The lowest BCUT2D eigenvalue weighted by atomic mass is 10.1. The van der Waals surface area contributed by atoms with E-state index in [0.29, 0.717) is 11.4 Å². The topological polar surface area (TPSA) is 61.4 Å². The molecule has 1 fully saturated rings. The largest absolute Gasteiger partial charge is 0.315 e. The first-order chi connectivity index (χ1) is 9.01. The highest BCUT2D eigenvalue weighted by Gasteiger charge is 2.24. The van der Waals surface area contributed by atoms with Gasteiger partial charge in [-0.1, -0.05) is 0 Å². The predicted molar refractivity (Wildman–Crippen MR) is 77.9 cm³/mol. The monoisotopic (exact) mass is 303 g/mol. The molecule has 1 aliphatic heterocycles. The van der Waals surface area contributed by atoms with Crippen LogP contribution >= 0.6 is 11.3 Å². The third-order valence-electron chi connectivity index (χ3n) is 3.33. The maximum absolute atomic E-state index is 12.3. The Balaban J connectivity index is 2.01. The van der Waals surface area contributed by atoms with Crippen molar-refractivity contribution in [3.63, 3.8) is 0 Å². The molecule has 0 radical (unpaired) electrons. The Morgan fingerprint density at radius 3 is 2.74 bits per heavy atom. The Morgan fingerprint density at radius 1 is 1.42 bits per heavy atom. The van der Waals surface area contributed by atoms with Gasteiger partial charge in [-0.25, -0.2) is 13.1 Å². The molecule has 108 valence electrons. The Bertz CT molecular complexity index is 505. The van der Waals surface area contributed by atoms with Crippen molar-refractivity contribution >= 4 is 21.4 Å². The Morgan fingerprint density at radius 2 is 2.11 bits per heavy atom. The standard InChI is InChI=1S/C12H21N3O2S2/c1-13-8-11-7-12(9-18-11)19(16,17)14-10-3-5-15(2)6-4-10/h7,9-10,13-14H,3-6,8H2,1-2H3. The van der Waals surface area contributed by atoms with Gasteiger partial charge < -0.3 is 10.2 Å². The third kappa shape index (κ3) is 4.00. The van der Waals surface area contributed by atoms with Crippen LogP contribution in [0.3, 0.4) is 0 Å². The number of hydrogen-bond acceptors (Lipinski definition) is 5. The number of thiophene rings is 1. The summed E-state index contributed by atoms with van der Waals surface area (Å²) in [5.41, 5.74) is 0. The molecule has 0 bridgehead atoms. The molecule has 19 heavy (non-hydrogen) atoms. The average Bonchev–Trinajstić information content (AvgIpc) is 2.82. The third-order valence-corrected chi connectivity index (χ3v) is 5.92. The second kappa shape index (κ2) is 6.32. The van der Waals surface area contributed by atoms with Gasteiger partial charge in [-0.2, -0.15) is 0 Å². The van der Waals surface area contributed by atoms with Crippen molar-refractivity contribution in [2.45, 2.75) is 30.3 Å². The van der Waals surface area contributed by atoms with Crippen LogP contribution in [0.25, 0.3) is 0 Å². The molecule has 0 aliphatic carbocycles. The van der Waals surface area contributed by atoms with Crippen LogP contribution in [-0.2, 0) is 16.6 Å². The summed E-state index contributed by atoms with van der Waals surface area (Å²) in [6, 6.07) is 1.81. The number of nitrogens with zero attached hydrogens (tertiary/aromatic N) is 1. The lowest BCUT2D eigenvalue weighted by Gasteiger charge is -2.29. The Hall–Kier alpha value is -0.470. The highest BCUT2D eigenvalue weighted by Crippen LogP contribution is 2.20. The van der Waals surface area contributed by atoms with E-state index < -0.39 is 10.0 Å². The molecular formula is C12H21N3O2S2. The summed E-state index contributed by atoms with van der Waals surface area (Å²) < 4.78 is 27.3. The minimum Gasteiger partial charge on any atom is -0.315 e. The predicted octanol–water partition coefficient (Wildman–Crippen LogP) is 0.840. The van der Waals surface area contributed by atoms with Gasteiger partial charge in [0.1, 0.15) is 0 Å². The second-order valence-corrected chi connectivity index (χ2v) is 7.69. The molecule has 0 saturated carbocycles. The Labute approximate surface area is 119 Å². The van der Waals surface area contributed by atoms with Crippen LogP contribution in [0.2, 0.25) is 0 Å². The number of piperidine rings is 1. The minimum atomic E-state index is -3.36. The summed E-state index contributed by atoms with van der Waals surface area (Å²) in [6.45, 7) is 2.60. The molecular weight excluding hydrogens is 282 g/mol. The minimum absolute atomic E-state index is 0.0638. The van der Waals surface area contributed by atoms with Crippen LogP contribution in [0.5, 0.6) is 0 Å². The SMILES string of the molecule is CNCc1cc(S(=O)(=O)NC2CCN(C)CC2)cs1. The van der Waals surface area contributed by atoms with E-state index in [9.17, 15) is 8.42 Å². The van der Waals surface area contributed by atoms with Gasteiger partial charge in [-0.15, -0.1) is 11.3 Å². The molecule has 1 aromatic rings. The average molecular weight is 303 g/mol. The van der Waals surface area contributed by atoms with E-state index >= 15 is 0 Å². The zero-order chi connectivity index (χ0) is 13.9. The molecule has 2 heterocycles. The fourth-order valence-electron chi connectivity index (χ4n) is 2.18. The second-order valence-electron chi connectivity index (χ2n) is 4.98. The quantitative estimate of drug-likeness (QED) is 0.846. The smallest absolute Gasteiger partial charge is 0.241 e. The van der Waals surface area contributed by atoms with E-state index in [4.69, 9.17) is 0 Å². The molecule has 0 atom stereocenters. The van der Waals surface area contributed by atoms with Gasteiger partial charge in [0.25, 0.3) is 0 Å². The molecule has 0 unspecified atom stereocenters. The van der Waals surface area contributed by atoms with Crippen molar-refractivity contribution in [3.8, 4) is 0 Å². The van der Waals surface area contributed by atoms with Gasteiger partial charge in [0, 0.05) is 22.8 Å². The van der Waals surface area contributed by atoms with Crippen LogP contribution in [-0.4, -0.2) is 46.5 Å². The van der Waals surface area contributed by atoms with Gasteiger partial charge in [-0.05, 0) is 46.1 Å². The lowest BCUT2D eigenvalue weighted by Crippen LogP contribution is -2.43. The van der Waals surface area contributed by atoms with Crippen molar-refractivity contribution < 1.29 is 8.42 Å². The number of sulfonamides is 1. The summed E-state index contributed by atoms with van der Waals surface area (Å²) in [7, 11) is 0.554. The number of likely N-dealkylation sites (tertiary alicyclic amines) is 1. The molecule has 0 amide bonds. The number of nitrogens with one attached hydrogen (secondary N) is 2. The van der Waals surface area contributed by atoms with Gasteiger partial charge in [0.05, 0.1) is 4.90 Å². The van der Waals surface area contributed by atoms with Crippen LogP contribution < -0.4 is 10.0 Å². The highest BCUT2D eigenvalue weighted by molar-refractivity contribution is 7.89. The molecule has 5 nitrogen and oxygen atoms in total. The summed E-state index contributed by atoms with van der Waals surface area (Å²) in [6.07, 6.45) is 1.76. The summed E-state index contributed by atoms with van der Waals surface area (Å²) >= 11 is 1.47. The van der Waals surface area contributed by atoms with Crippen molar-refractivity contribution in [2.75, 3.05) is 27.2 Å². The molecule has 1 aromatic heterocycles. The summed E-state index contributed by atoms with van der Waals surface area (Å²) in [4.78, 5) is 3.65. The highest BCUT2D eigenvalue weighted by atomic mass is 32.2. The van der Waals surface area contributed by atoms with E-state index in [1.54, 1.807) is 11.4 Å². The van der Waals surface area contributed by atoms with E-state index in [0.717, 1.165) is 30.8 Å². The van der Waals surface area contributed by atoms with E-state index in [-0.39, 0.29) is 6.04 Å². The molecule has 1 saturated heterocycles. The number of hydrogen-bond donors (Lipinski definition) is 2. The lowest BCUT2D eigenvalue weighted by molar-refractivity contribution is 0.248. The van der Waals surface area contributed by atoms with E-state index in [2.05, 4.69) is 22.0 Å². The fourth-order valence-corrected chi connectivity index (χ4v) is 4.77. The summed E-state index contributed by atoms with van der Waals surface area (Å²) in [5.74, 6) is 0. The zero-order valence-corrected chi connectivity index (χ0v) is 13.0. The summed E-state index contributed by atoms with van der Waals surface area (Å²) in [5, 5.41) is 4.74. The van der Waals surface area contributed by atoms with Crippen molar-refractivity contribution in [1.29, 1.82) is 0 Å². The van der Waals surface area contributed by atoms with E-state index in [1.807, 2.05) is 7.05 Å².